The van der Waals surface area contributed by atoms with Gasteiger partial charge in [0, 0.05) is 58.5 Å². The summed E-state index contributed by atoms with van der Waals surface area (Å²) in [6.45, 7) is 3.48. The Morgan fingerprint density at radius 1 is 1.03 bits per heavy atom. The highest BCUT2D eigenvalue weighted by atomic mass is 32.2. The molecule has 2 aliphatic heterocycles. The van der Waals surface area contributed by atoms with Crippen molar-refractivity contribution in [3.63, 3.8) is 0 Å². The lowest BCUT2D eigenvalue weighted by Crippen LogP contribution is -2.52. The number of carbonyl (C=O) groups is 1. The van der Waals surface area contributed by atoms with Gasteiger partial charge in [0.05, 0.1) is 10.9 Å². The number of halogens is 1. The van der Waals surface area contributed by atoms with Crippen LogP contribution >= 0.6 is 11.3 Å². The summed E-state index contributed by atoms with van der Waals surface area (Å²) in [6, 6.07) is 12.7. The lowest BCUT2D eigenvalue weighted by molar-refractivity contribution is -0.121. The molecular formula is C23H28FN5O3S2. The van der Waals surface area contributed by atoms with E-state index in [0.717, 1.165) is 31.9 Å². The molecule has 0 radical (unpaired) electrons. The fraction of sp³-hybridized carbons (Fsp3) is 0.304. The number of benzene rings is 2. The number of hydrogen-bond donors (Lipinski definition) is 1. The molecule has 1 amide bonds. The summed E-state index contributed by atoms with van der Waals surface area (Å²) in [7, 11) is -3.74. The van der Waals surface area contributed by atoms with Crippen molar-refractivity contribution in [1.29, 1.82) is 0 Å². The van der Waals surface area contributed by atoms with E-state index < -0.39 is 10.0 Å². The van der Waals surface area contributed by atoms with Crippen molar-refractivity contribution < 1.29 is 20.5 Å². The Morgan fingerprint density at radius 3 is 2.47 bits per heavy atom. The summed E-state index contributed by atoms with van der Waals surface area (Å²) >= 11 is 1.20. The maximum absolute atomic E-state index is 13.5. The molecule has 0 aliphatic carbocycles. The van der Waals surface area contributed by atoms with Gasteiger partial charge in [-0.2, -0.15) is 0 Å². The molecule has 8 nitrogen and oxygen atoms in total. The maximum Gasteiger partial charge on any atom is 0.263 e. The smallest absolute Gasteiger partial charge is 0.263 e. The van der Waals surface area contributed by atoms with Gasteiger partial charge in [0.15, 0.2) is 5.13 Å². The molecule has 2 saturated heterocycles. The molecule has 0 bridgehead atoms. The van der Waals surface area contributed by atoms with Gasteiger partial charge in [-0.3, -0.25) is 14.4 Å². The third kappa shape index (κ3) is 4.63. The van der Waals surface area contributed by atoms with Crippen LogP contribution in [-0.2, 0) is 14.8 Å². The molecule has 1 atom stereocenters. The predicted octanol–water partition coefficient (Wildman–Crippen LogP) is 3.50. The van der Waals surface area contributed by atoms with E-state index in [4.69, 9.17) is 0 Å². The molecule has 2 aliphatic rings. The van der Waals surface area contributed by atoms with Crippen LogP contribution in [-0.4, -0.2) is 63.0 Å². The number of nitrogens with one attached hydrogen (secondary N) is 1. The number of aromatic nitrogens is 1. The molecule has 3 heterocycles. The van der Waals surface area contributed by atoms with Crippen molar-refractivity contribution >= 4 is 43.8 Å². The van der Waals surface area contributed by atoms with Crippen LogP contribution < -0.4 is 14.5 Å². The van der Waals surface area contributed by atoms with Crippen LogP contribution in [0.15, 0.2) is 65.0 Å². The summed E-state index contributed by atoms with van der Waals surface area (Å²) in [4.78, 5) is 23.3. The molecule has 0 spiro atoms. The van der Waals surface area contributed by atoms with Crippen LogP contribution in [0.2, 0.25) is 0 Å². The second kappa shape index (κ2) is 9.32. The monoisotopic (exact) mass is 505 g/mol. The van der Waals surface area contributed by atoms with E-state index >= 15 is 0 Å². The van der Waals surface area contributed by atoms with Crippen molar-refractivity contribution in [2.45, 2.75) is 17.4 Å². The van der Waals surface area contributed by atoms with Crippen molar-refractivity contribution in [2.75, 3.05) is 47.2 Å². The number of piperazine rings is 1. The zero-order chi connectivity index (χ0) is 23.7. The lowest BCUT2D eigenvalue weighted by atomic mass is 10.1. The second-order valence-electron chi connectivity index (χ2n) is 8.23. The number of thiazole rings is 1. The first-order valence-electron chi connectivity index (χ1n) is 11.0. The van der Waals surface area contributed by atoms with Gasteiger partial charge in [-0.15, -0.1) is 11.3 Å². The standard InChI is InChI=1S/C23H24FN5O3S2.2H2/c24-17-2-1-3-19(16-17)27-11-13-28(14-12-27)21-8-10-29(22(21)30)18-4-6-20(7-5-18)34(31,32)26-23-25-9-15-33-23;;/h1-7,9,15-16,21H,8,10-14H2,(H,25,26);2*1H/t21-;;/m0../s1. The number of nitrogens with zero attached hydrogens (tertiary/aromatic N) is 4. The Hall–Kier alpha value is -3.02. The molecule has 2 fully saturated rings. The van der Waals surface area contributed by atoms with Crippen molar-refractivity contribution in [1.82, 2.24) is 9.88 Å². The minimum absolute atomic E-state index is 0. The summed E-state index contributed by atoms with van der Waals surface area (Å²) in [5.74, 6) is -0.227. The molecule has 2 aromatic carbocycles. The number of carbonyl (C=O) groups excluding carboxylic acids is 1. The van der Waals surface area contributed by atoms with E-state index in [-0.39, 0.29) is 25.5 Å². The van der Waals surface area contributed by atoms with Gasteiger partial charge >= 0.3 is 0 Å². The molecule has 1 N–H and O–H groups in total. The van der Waals surface area contributed by atoms with Crippen LogP contribution in [0.5, 0.6) is 0 Å². The fourth-order valence-corrected chi connectivity index (χ4v) is 6.27. The zero-order valence-electron chi connectivity index (χ0n) is 18.3. The summed E-state index contributed by atoms with van der Waals surface area (Å²) in [6.07, 6.45) is 2.24. The molecule has 0 saturated carbocycles. The number of amides is 1. The predicted molar refractivity (Wildman–Crippen MR) is 135 cm³/mol. The molecule has 5 rings (SSSR count). The Kier molecular flexibility index (Phi) is 6.24. The molecule has 182 valence electrons. The molecule has 11 heteroatoms. The van der Waals surface area contributed by atoms with E-state index in [0.29, 0.717) is 23.8 Å². The van der Waals surface area contributed by atoms with Gasteiger partial charge in [0.1, 0.15) is 5.82 Å². The van der Waals surface area contributed by atoms with Crippen molar-refractivity contribution in [2.24, 2.45) is 0 Å². The lowest BCUT2D eigenvalue weighted by Gasteiger charge is -2.38. The average Bonchev–Trinajstić information content (AvgIpc) is 3.48. The molecule has 3 aromatic rings. The Morgan fingerprint density at radius 2 is 1.79 bits per heavy atom. The average molecular weight is 506 g/mol. The fourth-order valence-electron chi connectivity index (χ4n) is 4.48. The van der Waals surface area contributed by atoms with Gasteiger partial charge in [0.25, 0.3) is 10.0 Å². The summed E-state index contributed by atoms with van der Waals surface area (Å²) in [5.41, 5.74) is 1.54. The van der Waals surface area contributed by atoms with Gasteiger partial charge in [-0.05, 0) is 48.9 Å². The number of rotatable bonds is 6. The second-order valence-corrected chi connectivity index (χ2v) is 10.8. The third-order valence-electron chi connectivity index (χ3n) is 6.22. The molecule has 1 aromatic heterocycles. The van der Waals surface area contributed by atoms with Crippen LogP contribution in [0.25, 0.3) is 0 Å². The summed E-state index contributed by atoms with van der Waals surface area (Å²) < 4.78 is 41.1. The highest BCUT2D eigenvalue weighted by Gasteiger charge is 2.38. The SMILES string of the molecule is O=C1[C@@H](N2CCN(c3cccc(F)c3)CC2)CCN1c1ccc(S(=O)(=O)Nc2nccs2)cc1.[HH].[HH]. The highest BCUT2D eigenvalue weighted by Crippen LogP contribution is 2.28. The van der Waals surface area contributed by atoms with Crippen molar-refractivity contribution in [3.05, 3.63) is 65.9 Å². The highest BCUT2D eigenvalue weighted by molar-refractivity contribution is 7.93. The quantitative estimate of drug-likeness (QED) is 0.552. The zero-order valence-corrected chi connectivity index (χ0v) is 19.9. The Bertz CT molecular complexity index is 1270. The third-order valence-corrected chi connectivity index (χ3v) is 8.39. The first-order chi connectivity index (χ1) is 16.4. The van der Waals surface area contributed by atoms with E-state index in [1.165, 1.54) is 41.8 Å². The minimum atomic E-state index is -3.74. The minimum Gasteiger partial charge on any atom is -0.369 e. The van der Waals surface area contributed by atoms with Gasteiger partial charge in [-0.25, -0.2) is 17.8 Å². The van der Waals surface area contributed by atoms with Crippen molar-refractivity contribution in [3.8, 4) is 0 Å². The molecule has 34 heavy (non-hydrogen) atoms. The van der Waals surface area contributed by atoms with Crippen LogP contribution in [0.4, 0.5) is 20.9 Å². The van der Waals surface area contributed by atoms with E-state index in [9.17, 15) is 17.6 Å². The summed E-state index contributed by atoms with van der Waals surface area (Å²) in [5, 5.41) is 2.00. The normalized spacial score (nSPS) is 19.6. The number of sulfonamides is 1. The number of anilines is 3. The van der Waals surface area contributed by atoms with Gasteiger partial charge in [0.2, 0.25) is 5.91 Å². The Balaban J connectivity index is 0.00000180. The van der Waals surface area contributed by atoms with Crippen LogP contribution in [0.3, 0.4) is 0 Å². The maximum atomic E-state index is 13.5. The largest absolute Gasteiger partial charge is 0.369 e. The topological polar surface area (TPSA) is 85.9 Å². The number of hydrogen-bond acceptors (Lipinski definition) is 7. The van der Waals surface area contributed by atoms with E-state index in [1.807, 2.05) is 6.07 Å². The van der Waals surface area contributed by atoms with Crippen LogP contribution in [0.1, 0.15) is 9.27 Å². The Labute approximate surface area is 204 Å². The van der Waals surface area contributed by atoms with Gasteiger partial charge < -0.3 is 9.80 Å². The van der Waals surface area contributed by atoms with E-state index in [1.54, 1.807) is 28.5 Å². The first kappa shape index (κ1) is 22.8. The molecular weight excluding hydrogens is 477 g/mol. The van der Waals surface area contributed by atoms with Crippen LogP contribution in [0, 0.1) is 5.82 Å². The first-order valence-corrected chi connectivity index (χ1v) is 13.4. The van der Waals surface area contributed by atoms with Gasteiger partial charge in [-0.1, -0.05) is 6.07 Å². The molecule has 0 unspecified atom stereocenters. The van der Waals surface area contributed by atoms with E-state index in [2.05, 4.69) is 19.5 Å².